The van der Waals surface area contributed by atoms with E-state index in [0.717, 1.165) is 12.8 Å². The number of amides is 1. The van der Waals surface area contributed by atoms with Crippen LogP contribution < -0.4 is 5.32 Å². The van der Waals surface area contributed by atoms with Crippen LogP contribution in [0.15, 0.2) is 29.7 Å². The molecule has 7 nitrogen and oxygen atoms in total. The molecule has 0 saturated carbocycles. The number of nitrogens with one attached hydrogen (secondary N) is 2. The molecule has 24 heavy (non-hydrogen) atoms. The average Bonchev–Trinajstić information content (AvgIpc) is 3.08. The minimum atomic E-state index is -0.499. The van der Waals surface area contributed by atoms with Gasteiger partial charge in [0, 0.05) is 5.69 Å². The molecule has 2 aromatic rings. The van der Waals surface area contributed by atoms with Crippen LogP contribution in [0.1, 0.15) is 30.1 Å². The van der Waals surface area contributed by atoms with Crippen LogP contribution in [0.3, 0.4) is 0 Å². The first-order chi connectivity index (χ1) is 11.6. The van der Waals surface area contributed by atoms with E-state index < -0.39 is 5.97 Å². The molecule has 0 fully saturated rings. The number of benzene rings is 1. The third-order valence-corrected chi connectivity index (χ3v) is 4.14. The van der Waals surface area contributed by atoms with E-state index >= 15 is 0 Å². The summed E-state index contributed by atoms with van der Waals surface area (Å²) in [5, 5.41) is 9.90. The Hall–Kier alpha value is -2.06. The maximum absolute atomic E-state index is 12.0. The quantitative estimate of drug-likeness (QED) is 0.422. The second-order valence-electron chi connectivity index (χ2n) is 4.81. The van der Waals surface area contributed by atoms with E-state index in [4.69, 9.17) is 16.3 Å². The van der Waals surface area contributed by atoms with E-state index in [1.165, 1.54) is 24.2 Å². The third kappa shape index (κ3) is 5.54. The standard InChI is InChI=1S/C15H17ClN4O3S/c1-2-3-6-23-14(22)11-7-10(4-5-12(11)16)19-13(21)8-24-15-17-9-18-20-15/h4-5,7,9H,2-3,6,8H2,1H3,(H,19,21)(H,17,18,20). The third-order valence-electron chi connectivity index (χ3n) is 2.93. The maximum atomic E-state index is 12.0. The number of H-pyrrole nitrogens is 1. The zero-order chi connectivity index (χ0) is 17.4. The summed E-state index contributed by atoms with van der Waals surface area (Å²) in [5.74, 6) is -0.571. The number of rotatable bonds is 8. The normalized spacial score (nSPS) is 10.4. The molecule has 9 heteroatoms. The van der Waals surface area contributed by atoms with Crippen molar-refractivity contribution in [2.24, 2.45) is 0 Å². The Kier molecular flexibility index (Phi) is 7.07. The van der Waals surface area contributed by atoms with Crippen LogP contribution in [0.25, 0.3) is 0 Å². The van der Waals surface area contributed by atoms with Gasteiger partial charge in [-0.05, 0) is 24.6 Å². The fraction of sp³-hybridized carbons (Fsp3) is 0.333. The minimum absolute atomic E-state index is 0.161. The van der Waals surface area contributed by atoms with E-state index in [1.807, 2.05) is 6.92 Å². The van der Waals surface area contributed by atoms with Gasteiger partial charge in [-0.15, -0.1) is 0 Å². The Labute approximate surface area is 148 Å². The predicted octanol–water partition coefficient (Wildman–Crippen LogP) is 3.15. The summed E-state index contributed by atoms with van der Waals surface area (Å²) in [6.45, 7) is 2.35. The van der Waals surface area contributed by atoms with Crippen molar-refractivity contribution in [2.75, 3.05) is 17.7 Å². The first-order valence-corrected chi connectivity index (χ1v) is 8.71. The SMILES string of the molecule is CCCCOC(=O)c1cc(NC(=O)CSc2ncn[nH]2)ccc1Cl. The molecule has 128 valence electrons. The van der Waals surface area contributed by atoms with E-state index in [9.17, 15) is 9.59 Å². The lowest BCUT2D eigenvalue weighted by molar-refractivity contribution is -0.113. The van der Waals surface area contributed by atoms with Gasteiger partial charge < -0.3 is 10.1 Å². The van der Waals surface area contributed by atoms with Crippen LogP contribution in [-0.4, -0.2) is 39.4 Å². The van der Waals surface area contributed by atoms with Crippen molar-refractivity contribution in [1.82, 2.24) is 15.2 Å². The van der Waals surface area contributed by atoms with Crippen LogP contribution in [0.5, 0.6) is 0 Å². The smallest absolute Gasteiger partial charge is 0.339 e. The number of aromatic nitrogens is 3. The molecule has 0 bridgehead atoms. The number of thioether (sulfide) groups is 1. The van der Waals surface area contributed by atoms with E-state index in [2.05, 4.69) is 20.5 Å². The van der Waals surface area contributed by atoms with Crippen molar-refractivity contribution >= 4 is 40.9 Å². The molecule has 0 spiro atoms. The molecule has 1 amide bonds. The van der Waals surface area contributed by atoms with Crippen LogP contribution in [0.2, 0.25) is 5.02 Å². The molecule has 0 unspecified atom stereocenters. The number of halogens is 1. The van der Waals surface area contributed by atoms with Crippen molar-refractivity contribution in [3.8, 4) is 0 Å². The first kappa shape index (κ1) is 18.3. The summed E-state index contributed by atoms with van der Waals surface area (Å²) in [5.41, 5.74) is 0.707. The number of nitrogens with zero attached hydrogens (tertiary/aromatic N) is 2. The molecule has 1 aromatic carbocycles. The monoisotopic (exact) mass is 368 g/mol. The summed E-state index contributed by atoms with van der Waals surface area (Å²) in [6, 6.07) is 4.69. The van der Waals surface area contributed by atoms with Crippen LogP contribution in [-0.2, 0) is 9.53 Å². The van der Waals surface area contributed by atoms with Crippen molar-refractivity contribution in [2.45, 2.75) is 24.9 Å². The molecule has 0 atom stereocenters. The highest BCUT2D eigenvalue weighted by Gasteiger charge is 2.14. The number of carbonyl (C=O) groups is 2. The second kappa shape index (κ2) is 9.29. The largest absolute Gasteiger partial charge is 0.462 e. The summed E-state index contributed by atoms with van der Waals surface area (Å²) in [4.78, 5) is 27.9. The highest BCUT2D eigenvalue weighted by Crippen LogP contribution is 2.22. The Morgan fingerprint density at radius 1 is 1.42 bits per heavy atom. The zero-order valence-electron chi connectivity index (χ0n) is 13.0. The number of hydrogen-bond acceptors (Lipinski definition) is 6. The van der Waals surface area contributed by atoms with Crippen molar-refractivity contribution in [3.63, 3.8) is 0 Å². The second-order valence-corrected chi connectivity index (χ2v) is 6.18. The molecule has 1 aromatic heterocycles. The first-order valence-electron chi connectivity index (χ1n) is 7.35. The topological polar surface area (TPSA) is 97.0 Å². The highest BCUT2D eigenvalue weighted by atomic mass is 35.5. The Bertz CT molecular complexity index is 694. The number of esters is 1. The fourth-order valence-electron chi connectivity index (χ4n) is 1.74. The number of unbranched alkanes of at least 4 members (excludes halogenated alkanes) is 1. The van der Waals surface area contributed by atoms with Crippen LogP contribution in [0, 0.1) is 0 Å². The lowest BCUT2D eigenvalue weighted by atomic mass is 10.2. The van der Waals surface area contributed by atoms with Gasteiger partial charge in [0.15, 0.2) is 5.16 Å². The van der Waals surface area contributed by atoms with Gasteiger partial charge in [-0.25, -0.2) is 9.78 Å². The van der Waals surface area contributed by atoms with Gasteiger partial charge in [0.2, 0.25) is 5.91 Å². The maximum Gasteiger partial charge on any atom is 0.339 e. The number of carbonyl (C=O) groups excluding carboxylic acids is 2. The lowest BCUT2D eigenvalue weighted by Gasteiger charge is -2.09. The van der Waals surface area contributed by atoms with E-state index in [1.54, 1.807) is 12.1 Å². The average molecular weight is 369 g/mol. The molecular weight excluding hydrogens is 352 g/mol. The van der Waals surface area contributed by atoms with Gasteiger partial charge in [-0.3, -0.25) is 9.89 Å². The summed E-state index contributed by atoms with van der Waals surface area (Å²) >= 11 is 7.25. The van der Waals surface area contributed by atoms with Gasteiger partial charge in [-0.1, -0.05) is 36.7 Å². The predicted molar refractivity (Wildman–Crippen MR) is 92.4 cm³/mol. The molecule has 2 rings (SSSR count). The Morgan fingerprint density at radius 3 is 2.96 bits per heavy atom. The van der Waals surface area contributed by atoms with Crippen molar-refractivity contribution < 1.29 is 14.3 Å². The molecule has 0 radical (unpaired) electrons. The van der Waals surface area contributed by atoms with Gasteiger partial charge in [0.1, 0.15) is 6.33 Å². The molecule has 2 N–H and O–H groups in total. The minimum Gasteiger partial charge on any atom is -0.462 e. The summed E-state index contributed by atoms with van der Waals surface area (Å²) in [6.07, 6.45) is 3.09. The number of ether oxygens (including phenoxy) is 1. The molecule has 1 heterocycles. The molecule has 0 aliphatic heterocycles. The summed E-state index contributed by atoms with van der Waals surface area (Å²) in [7, 11) is 0. The van der Waals surface area contributed by atoms with Gasteiger partial charge in [0.05, 0.1) is 22.9 Å². The van der Waals surface area contributed by atoms with Gasteiger partial charge >= 0.3 is 5.97 Å². The summed E-state index contributed by atoms with van der Waals surface area (Å²) < 4.78 is 5.15. The molecule has 0 aliphatic carbocycles. The molecule has 0 saturated heterocycles. The number of hydrogen-bond donors (Lipinski definition) is 2. The molecular formula is C15H17ClN4O3S. The highest BCUT2D eigenvalue weighted by molar-refractivity contribution is 7.99. The Balaban J connectivity index is 1.94. The van der Waals surface area contributed by atoms with E-state index in [0.29, 0.717) is 17.5 Å². The van der Waals surface area contributed by atoms with Crippen molar-refractivity contribution in [1.29, 1.82) is 0 Å². The fourth-order valence-corrected chi connectivity index (χ4v) is 2.51. The van der Waals surface area contributed by atoms with E-state index in [-0.39, 0.29) is 22.2 Å². The lowest BCUT2D eigenvalue weighted by Crippen LogP contribution is -2.15. The number of anilines is 1. The van der Waals surface area contributed by atoms with Gasteiger partial charge in [-0.2, -0.15) is 5.10 Å². The van der Waals surface area contributed by atoms with Crippen LogP contribution >= 0.6 is 23.4 Å². The number of aromatic amines is 1. The Morgan fingerprint density at radius 2 is 2.25 bits per heavy atom. The van der Waals surface area contributed by atoms with Crippen molar-refractivity contribution in [3.05, 3.63) is 35.1 Å². The zero-order valence-corrected chi connectivity index (χ0v) is 14.6. The van der Waals surface area contributed by atoms with Gasteiger partial charge in [0.25, 0.3) is 0 Å². The molecule has 0 aliphatic rings. The van der Waals surface area contributed by atoms with Crippen LogP contribution in [0.4, 0.5) is 5.69 Å².